The van der Waals surface area contributed by atoms with Crippen molar-refractivity contribution in [3.05, 3.63) is 63.9 Å². The molecular formula is C15H9BrFNO2. The van der Waals surface area contributed by atoms with Gasteiger partial charge in [-0.05, 0) is 24.3 Å². The molecule has 0 aliphatic rings. The molecule has 0 saturated heterocycles. The quantitative estimate of drug-likeness (QED) is 0.801. The Morgan fingerprint density at radius 3 is 2.60 bits per heavy atom. The van der Waals surface area contributed by atoms with Crippen molar-refractivity contribution in [3.63, 3.8) is 0 Å². The number of benzene rings is 2. The van der Waals surface area contributed by atoms with E-state index in [-0.39, 0.29) is 23.7 Å². The standard InChI is InChI=1S/C15H9BrFNO2/c16-11-6-4-10(5-7-11)14(19)9-20-15-3-1-2-13(17)12(15)8-18/h1-7H,9H2. The second-order valence-corrected chi connectivity index (χ2v) is 4.86. The zero-order chi connectivity index (χ0) is 14.5. The highest BCUT2D eigenvalue weighted by Crippen LogP contribution is 2.20. The van der Waals surface area contributed by atoms with Gasteiger partial charge in [0.2, 0.25) is 0 Å². The number of rotatable bonds is 4. The minimum absolute atomic E-state index is 0.0676. The third-order valence-electron chi connectivity index (χ3n) is 2.61. The van der Waals surface area contributed by atoms with Crippen LogP contribution in [0.15, 0.2) is 46.9 Å². The first kappa shape index (κ1) is 14.2. The van der Waals surface area contributed by atoms with E-state index in [1.807, 2.05) is 0 Å². The highest BCUT2D eigenvalue weighted by atomic mass is 79.9. The lowest BCUT2D eigenvalue weighted by molar-refractivity contribution is 0.0921. The first-order chi connectivity index (χ1) is 9.61. The van der Waals surface area contributed by atoms with Crippen LogP contribution in [0.25, 0.3) is 0 Å². The van der Waals surface area contributed by atoms with Gasteiger partial charge in [-0.3, -0.25) is 4.79 Å². The van der Waals surface area contributed by atoms with Crippen LogP contribution in [0.2, 0.25) is 0 Å². The zero-order valence-corrected chi connectivity index (χ0v) is 11.9. The van der Waals surface area contributed by atoms with Crippen LogP contribution in [0.3, 0.4) is 0 Å². The minimum atomic E-state index is -0.666. The number of halogens is 2. The average Bonchev–Trinajstić information content (AvgIpc) is 2.45. The lowest BCUT2D eigenvalue weighted by Gasteiger charge is -2.07. The van der Waals surface area contributed by atoms with Crippen molar-refractivity contribution in [1.29, 1.82) is 5.26 Å². The van der Waals surface area contributed by atoms with Crippen molar-refractivity contribution >= 4 is 21.7 Å². The summed E-state index contributed by atoms with van der Waals surface area (Å²) >= 11 is 3.28. The molecule has 0 amide bonds. The van der Waals surface area contributed by atoms with Crippen molar-refractivity contribution in [2.24, 2.45) is 0 Å². The van der Waals surface area contributed by atoms with Gasteiger partial charge in [-0.25, -0.2) is 4.39 Å². The van der Waals surface area contributed by atoms with Gasteiger partial charge in [0.05, 0.1) is 0 Å². The maximum atomic E-state index is 13.3. The summed E-state index contributed by atoms with van der Waals surface area (Å²) in [7, 11) is 0. The molecule has 5 heteroatoms. The van der Waals surface area contributed by atoms with Crippen LogP contribution < -0.4 is 4.74 Å². The van der Waals surface area contributed by atoms with Crippen LogP contribution in [0.1, 0.15) is 15.9 Å². The van der Waals surface area contributed by atoms with Crippen molar-refractivity contribution in [2.45, 2.75) is 0 Å². The molecule has 0 atom stereocenters. The van der Waals surface area contributed by atoms with Gasteiger partial charge in [-0.2, -0.15) is 5.26 Å². The zero-order valence-electron chi connectivity index (χ0n) is 10.3. The lowest BCUT2D eigenvalue weighted by atomic mass is 10.1. The third-order valence-corrected chi connectivity index (χ3v) is 3.14. The van der Waals surface area contributed by atoms with Gasteiger partial charge in [0.15, 0.2) is 12.4 Å². The molecule has 0 aromatic heterocycles. The van der Waals surface area contributed by atoms with Gasteiger partial charge in [-0.1, -0.05) is 34.1 Å². The number of carbonyl (C=O) groups is 1. The number of Topliss-reactive ketones (excluding diaryl/α,β-unsaturated/α-hetero) is 1. The molecule has 0 aliphatic carbocycles. The van der Waals surface area contributed by atoms with Gasteiger partial charge < -0.3 is 4.74 Å². The van der Waals surface area contributed by atoms with E-state index in [9.17, 15) is 9.18 Å². The molecule has 0 N–H and O–H groups in total. The normalized spacial score (nSPS) is 9.85. The second-order valence-electron chi connectivity index (χ2n) is 3.94. The van der Waals surface area contributed by atoms with E-state index in [1.165, 1.54) is 18.2 Å². The van der Waals surface area contributed by atoms with Gasteiger partial charge in [0.1, 0.15) is 23.2 Å². The fourth-order valence-corrected chi connectivity index (χ4v) is 1.86. The summed E-state index contributed by atoms with van der Waals surface area (Å²) in [5.74, 6) is -0.843. The second kappa shape index (κ2) is 6.31. The molecule has 0 unspecified atom stereocenters. The van der Waals surface area contributed by atoms with Crippen LogP contribution in [0.5, 0.6) is 5.75 Å². The average molecular weight is 334 g/mol. The smallest absolute Gasteiger partial charge is 0.200 e. The van der Waals surface area contributed by atoms with Crippen LogP contribution in [0, 0.1) is 17.1 Å². The largest absolute Gasteiger partial charge is 0.484 e. The molecule has 20 heavy (non-hydrogen) atoms. The molecule has 0 fully saturated rings. The predicted molar refractivity (Wildman–Crippen MR) is 75.1 cm³/mol. The summed E-state index contributed by atoms with van der Waals surface area (Å²) in [5, 5.41) is 8.85. The van der Waals surface area contributed by atoms with Crippen molar-refractivity contribution in [3.8, 4) is 11.8 Å². The molecule has 0 bridgehead atoms. The number of ketones is 1. The monoisotopic (exact) mass is 333 g/mol. The molecule has 0 radical (unpaired) electrons. The van der Waals surface area contributed by atoms with Crippen LogP contribution in [-0.4, -0.2) is 12.4 Å². The molecule has 2 aromatic rings. The van der Waals surface area contributed by atoms with E-state index >= 15 is 0 Å². The van der Waals surface area contributed by atoms with Gasteiger partial charge in [-0.15, -0.1) is 0 Å². The van der Waals surface area contributed by atoms with Crippen LogP contribution >= 0.6 is 15.9 Å². The van der Waals surface area contributed by atoms with E-state index in [1.54, 1.807) is 30.3 Å². The molecule has 0 heterocycles. The number of nitrogens with zero attached hydrogens (tertiary/aromatic N) is 1. The Morgan fingerprint density at radius 2 is 1.95 bits per heavy atom. The predicted octanol–water partition coefficient (Wildman–Crippen LogP) is 3.72. The molecule has 0 spiro atoms. The van der Waals surface area contributed by atoms with E-state index in [0.29, 0.717) is 5.56 Å². The lowest BCUT2D eigenvalue weighted by Crippen LogP contribution is -2.12. The Balaban J connectivity index is 2.10. The Hall–Kier alpha value is -2.19. The molecule has 0 saturated carbocycles. The Labute approximate surface area is 123 Å². The SMILES string of the molecule is N#Cc1c(F)cccc1OCC(=O)c1ccc(Br)cc1. The van der Waals surface area contributed by atoms with E-state index < -0.39 is 5.82 Å². The number of ether oxygens (including phenoxy) is 1. The first-order valence-electron chi connectivity index (χ1n) is 5.72. The maximum absolute atomic E-state index is 13.3. The maximum Gasteiger partial charge on any atom is 0.200 e. The number of carbonyl (C=O) groups excluding carboxylic acids is 1. The fourth-order valence-electron chi connectivity index (χ4n) is 1.60. The number of nitriles is 1. The fraction of sp³-hybridized carbons (Fsp3) is 0.0667. The highest BCUT2D eigenvalue weighted by Gasteiger charge is 2.11. The molecule has 0 aliphatic heterocycles. The van der Waals surface area contributed by atoms with Crippen molar-refractivity contribution in [1.82, 2.24) is 0 Å². The third kappa shape index (κ3) is 3.22. The summed E-state index contributed by atoms with van der Waals surface area (Å²) < 4.78 is 19.4. The summed E-state index contributed by atoms with van der Waals surface area (Å²) in [6.45, 7) is -0.250. The Morgan fingerprint density at radius 1 is 1.25 bits per heavy atom. The van der Waals surface area contributed by atoms with E-state index in [4.69, 9.17) is 10.00 Å². The number of hydrogen-bond donors (Lipinski definition) is 0. The van der Waals surface area contributed by atoms with E-state index in [2.05, 4.69) is 15.9 Å². The van der Waals surface area contributed by atoms with Gasteiger partial charge >= 0.3 is 0 Å². The summed E-state index contributed by atoms with van der Waals surface area (Å²) in [5.41, 5.74) is 0.291. The minimum Gasteiger partial charge on any atom is -0.484 e. The Bertz CT molecular complexity index is 677. The molecular weight excluding hydrogens is 325 g/mol. The van der Waals surface area contributed by atoms with E-state index in [0.717, 1.165) is 4.47 Å². The molecule has 2 rings (SSSR count). The molecule has 3 nitrogen and oxygen atoms in total. The molecule has 2 aromatic carbocycles. The molecule has 100 valence electrons. The summed E-state index contributed by atoms with van der Waals surface area (Å²) in [6, 6.07) is 12.6. The van der Waals surface area contributed by atoms with Crippen molar-refractivity contribution < 1.29 is 13.9 Å². The summed E-state index contributed by atoms with van der Waals surface area (Å²) in [4.78, 5) is 11.9. The van der Waals surface area contributed by atoms with Crippen molar-refractivity contribution in [2.75, 3.05) is 6.61 Å². The van der Waals surface area contributed by atoms with Crippen LogP contribution in [0.4, 0.5) is 4.39 Å². The first-order valence-corrected chi connectivity index (χ1v) is 6.51. The van der Waals surface area contributed by atoms with Gasteiger partial charge in [0.25, 0.3) is 0 Å². The highest BCUT2D eigenvalue weighted by molar-refractivity contribution is 9.10. The summed E-state index contributed by atoms with van der Waals surface area (Å²) in [6.07, 6.45) is 0. The topological polar surface area (TPSA) is 50.1 Å². The number of hydrogen-bond acceptors (Lipinski definition) is 3. The Kier molecular flexibility index (Phi) is 4.49. The van der Waals surface area contributed by atoms with Gasteiger partial charge in [0, 0.05) is 10.0 Å². The van der Waals surface area contributed by atoms with Crippen LogP contribution in [-0.2, 0) is 0 Å².